The van der Waals surface area contributed by atoms with Crippen molar-refractivity contribution in [3.05, 3.63) is 131 Å². The number of aliphatic hydroxyl groups excluding tert-OH is 1. The molecule has 102 heavy (non-hydrogen) atoms. The fourth-order valence-corrected chi connectivity index (χ4v) is 16.6. The van der Waals surface area contributed by atoms with E-state index in [1.165, 1.54) is 54.9 Å². The normalized spacial score (nSPS) is 25.9. The lowest BCUT2D eigenvalue weighted by atomic mass is 9.56. The molecule has 6 amide bonds. The van der Waals surface area contributed by atoms with Crippen LogP contribution in [0.1, 0.15) is 176 Å². The molecule has 3 unspecified atom stereocenters. The van der Waals surface area contributed by atoms with Crippen molar-refractivity contribution in [2.24, 2.45) is 18.9 Å². The molecule has 15 rings (SSSR count). The zero-order chi connectivity index (χ0) is 74.1. The van der Waals surface area contributed by atoms with Gasteiger partial charge in [-0.2, -0.15) is 23.3 Å². The van der Waals surface area contributed by atoms with E-state index in [0.717, 1.165) is 61.6 Å². The minimum absolute atomic E-state index is 0.00118. The lowest BCUT2D eigenvalue weighted by Crippen LogP contribution is -2.70. The smallest absolute Gasteiger partial charge is 0.435 e. The minimum Gasteiger partial charge on any atom is -0.484 e. The predicted octanol–water partition coefficient (Wildman–Crippen LogP) is 10.9. The zero-order valence-corrected chi connectivity index (χ0v) is 59.9. The monoisotopic (exact) mass is 1500 g/mol. The number of aliphatic hydroxyl groups is 1. The number of thiazole rings is 1. The molecule has 7 N–H and O–H groups in total. The van der Waals surface area contributed by atoms with Crippen molar-refractivity contribution in [3.63, 3.8) is 0 Å². The number of aryl methyl sites for hydroxylation is 4. The van der Waals surface area contributed by atoms with Gasteiger partial charge in [0.15, 0.2) is 31.3 Å². The number of hydrogen-bond acceptors (Lipinski definition) is 17. The summed E-state index contributed by atoms with van der Waals surface area (Å²) < 4.78 is 103. The van der Waals surface area contributed by atoms with E-state index < -0.39 is 74.3 Å². The number of benzene rings is 3. The van der Waals surface area contributed by atoms with Crippen LogP contribution in [-0.4, -0.2) is 130 Å². The van der Waals surface area contributed by atoms with E-state index in [1.807, 2.05) is 6.92 Å². The Morgan fingerprint density at radius 1 is 0.598 bits per heavy atom. The number of ketones is 1. The Morgan fingerprint density at radius 2 is 1.00 bits per heavy atom. The molecule has 0 aliphatic heterocycles. The molecule has 0 radical (unpaired) electrons. The van der Waals surface area contributed by atoms with Crippen LogP contribution >= 0.6 is 46.1 Å². The van der Waals surface area contributed by atoms with Gasteiger partial charge >= 0.3 is 18.0 Å². The number of halogens is 9. The molecule has 6 aromatic rings. The van der Waals surface area contributed by atoms with E-state index in [-0.39, 0.29) is 128 Å². The Hall–Kier alpha value is -8.06. The van der Waals surface area contributed by atoms with Crippen molar-refractivity contribution < 1.29 is 83.7 Å². The van der Waals surface area contributed by atoms with E-state index in [0.29, 0.717) is 80.6 Å². The maximum absolute atomic E-state index is 13.6. The Balaban J connectivity index is 0.000000165. The standard InChI is InChI=1S/C25H30ClFN4O5.C23H24ClF4N3O3S.C21H24ClFN4O4/c1-14(32)10-17-15(2)30-31(3)22(17)23(35)29-24-6-8-25(9-7-24,20(33)12-24)28-21(34)13-36-16-4-5-18(26)19(27)11-16;1-12-10-21(31-20(33)18-19(23(26,27)28)29-13(2)35-18)5-7-22(12,8-6-21)30-17(32)11-34-14-3-4-15(24)16(25)9-14;1-12-10-20(26-18(29)19-24-13(2)27-31-19)5-7-21(12,8-6-20)25-17(28)11-30-14-3-4-15(22)16(23)9-14/h4-5,11,20,33H,6-10,12-13H2,1-3H3,(H,28,34)(H,29,35);3-4,9,12H,5-8,10-11H2,1-2H3,(H,30,32)(H,31,33);3-4,9,12H,5-8,10-11H2,1-2H3,(H,25,28)(H,26,29). The van der Waals surface area contributed by atoms with Crippen LogP contribution in [0.3, 0.4) is 0 Å². The van der Waals surface area contributed by atoms with Crippen LogP contribution in [-0.2, 0) is 38.8 Å². The van der Waals surface area contributed by atoms with Crippen molar-refractivity contribution in [2.75, 3.05) is 19.8 Å². The molecule has 9 saturated carbocycles. The third kappa shape index (κ3) is 17.3. The molecule has 33 heteroatoms. The first-order chi connectivity index (χ1) is 48.0. The number of ether oxygens (including phenoxy) is 3. The van der Waals surface area contributed by atoms with Gasteiger partial charge in [0.25, 0.3) is 29.5 Å². The number of carbonyl (C=O) groups is 7. The van der Waals surface area contributed by atoms with Gasteiger partial charge in [-0.05, 0) is 172 Å². The van der Waals surface area contributed by atoms with Gasteiger partial charge in [0.05, 0.1) is 37.4 Å². The van der Waals surface area contributed by atoms with Crippen molar-refractivity contribution >= 4 is 87.4 Å². The van der Waals surface area contributed by atoms with Gasteiger partial charge in [0.2, 0.25) is 0 Å². The number of amides is 6. The molecule has 9 aliphatic rings. The average molecular weight is 1510 g/mol. The molecule has 3 heterocycles. The van der Waals surface area contributed by atoms with Crippen molar-refractivity contribution in [3.8, 4) is 17.2 Å². The topological polar surface area (TPSA) is 309 Å². The first-order valence-electron chi connectivity index (χ1n) is 33.2. The van der Waals surface area contributed by atoms with Gasteiger partial charge in [-0.25, -0.2) is 18.2 Å². The summed E-state index contributed by atoms with van der Waals surface area (Å²) in [6.45, 7) is 9.50. The lowest BCUT2D eigenvalue weighted by Gasteiger charge is -2.57. The van der Waals surface area contributed by atoms with Crippen LogP contribution < -0.4 is 46.1 Å². The van der Waals surface area contributed by atoms with Crippen molar-refractivity contribution in [1.29, 1.82) is 0 Å². The van der Waals surface area contributed by atoms with E-state index >= 15 is 0 Å². The summed E-state index contributed by atoms with van der Waals surface area (Å²) in [5.41, 5.74) is -2.85. The molecule has 3 aromatic heterocycles. The molecule has 3 atom stereocenters. The first-order valence-corrected chi connectivity index (χ1v) is 35.1. The second-order valence-electron chi connectivity index (χ2n) is 27.8. The second kappa shape index (κ2) is 30.3. The highest BCUT2D eigenvalue weighted by Gasteiger charge is 2.58. The van der Waals surface area contributed by atoms with E-state index in [2.05, 4.69) is 59.0 Å². The molecular formula is C69H78Cl3F6N11O12S. The average Bonchev–Trinajstić information content (AvgIpc) is 0.818. The van der Waals surface area contributed by atoms with E-state index in [4.69, 9.17) is 53.5 Å². The van der Waals surface area contributed by atoms with Gasteiger partial charge in [0.1, 0.15) is 51.1 Å². The number of fused-ring (bicyclic) bond motifs is 9. The van der Waals surface area contributed by atoms with Gasteiger partial charge in [0, 0.05) is 64.9 Å². The third-order valence-corrected chi connectivity index (χ3v) is 22.7. The quantitative estimate of drug-likeness (QED) is 0.0349. The van der Waals surface area contributed by atoms with Crippen LogP contribution in [0.2, 0.25) is 15.1 Å². The minimum atomic E-state index is -4.71. The number of carbonyl (C=O) groups excluding carboxylic acids is 7. The highest BCUT2D eigenvalue weighted by Crippen LogP contribution is 2.53. The number of nitrogens with zero attached hydrogens (tertiary/aromatic N) is 5. The summed E-state index contributed by atoms with van der Waals surface area (Å²) in [5, 5.41) is 37.2. The molecule has 9 aliphatic carbocycles. The summed E-state index contributed by atoms with van der Waals surface area (Å²) in [6, 6.07) is 11.9. The number of rotatable bonds is 20. The Morgan fingerprint density at radius 3 is 1.38 bits per heavy atom. The number of aromatic nitrogens is 5. The summed E-state index contributed by atoms with van der Waals surface area (Å²) in [4.78, 5) is 95.2. The number of hydrogen-bond donors (Lipinski definition) is 7. The Kier molecular flexibility index (Phi) is 22.8. The summed E-state index contributed by atoms with van der Waals surface area (Å²) in [6.07, 6.45) is 3.25. The van der Waals surface area contributed by atoms with Crippen LogP contribution in [0, 0.1) is 50.1 Å². The SMILES string of the molecule is CC(=O)Cc1c(C)nn(C)c1C(=O)NC12CCC(NC(=O)COc3ccc(Cl)c(F)c3)(CC1)C(O)C2.Cc1nc(C(F)(F)F)c(C(=O)NC23CCC(NC(=O)COc4ccc(Cl)c(F)c4)(CC2)C(C)C3)s1.Cc1noc(C(=O)NC23CCC(NC(=O)COc4ccc(Cl)c(F)c4)(CC2)C(C)C3)n1. The maximum Gasteiger partial charge on any atom is 0.435 e. The van der Waals surface area contributed by atoms with Gasteiger partial charge in [-0.1, -0.05) is 53.8 Å². The predicted molar refractivity (Wildman–Crippen MR) is 361 cm³/mol. The van der Waals surface area contributed by atoms with Crippen molar-refractivity contribution in [1.82, 2.24) is 56.8 Å². The maximum atomic E-state index is 13.6. The van der Waals surface area contributed by atoms with Gasteiger partial charge in [-0.15, -0.1) is 11.3 Å². The number of Topliss-reactive ketones (excluding diaryl/α,β-unsaturated/α-hetero) is 1. The molecule has 6 bridgehead atoms. The van der Waals surface area contributed by atoms with Crippen LogP contribution in [0.5, 0.6) is 17.2 Å². The second-order valence-corrected chi connectivity index (χ2v) is 30.2. The van der Waals surface area contributed by atoms with Crippen LogP contribution in [0.4, 0.5) is 26.3 Å². The lowest BCUT2D eigenvalue weighted by molar-refractivity contribution is -0.141. The molecule has 23 nitrogen and oxygen atoms in total. The Bertz CT molecular complexity index is 4190. The van der Waals surface area contributed by atoms with Crippen LogP contribution in [0.25, 0.3) is 0 Å². The van der Waals surface area contributed by atoms with Gasteiger partial charge < -0.3 is 55.7 Å². The number of alkyl halides is 3. The van der Waals surface area contributed by atoms with Crippen LogP contribution in [0.15, 0.2) is 59.1 Å². The largest absolute Gasteiger partial charge is 0.484 e. The van der Waals surface area contributed by atoms with E-state index in [9.17, 15) is 65.0 Å². The molecule has 550 valence electrons. The molecule has 3 aromatic carbocycles. The summed E-state index contributed by atoms with van der Waals surface area (Å²) in [5.74, 6) is -3.37. The highest BCUT2D eigenvalue weighted by atomic mass is 35.5. The van der Waals surface area contributed by atoms with Crippen molar-refractivity contribution in [2.45, 2.75) is 190 Å². The first kappa shape index (κ1) is 76.6. The van der Waals surface area contributed by atoms with E-state index in [1.54, 1.807) is 20.9 Å². The summed E-state index contributed by atoms with van der Waals surface area (Å²) in [7, 11) is 1.67. The Labute approximate surface area is 602 Å². The summed E-state index contributed by atoms with van der Waals surface area (Å²) >= 11 is 17.7. The fourth-order valence-electron chi connectivity index (χ4n) is 15.4. The number of nitrogens with one attached hydrogen (secondary N) is 6. The van der Waals surface area contributed by atoms with Gasteiger partial charge in [-0.3, -0.25) is 38.2 Å². The zero-order valence-electron chi connectivity index (χ0n) is 56.8. The molecular weight excluding hydrogens is 1430 g/mol. The highest BCUT2D eigenvalue weighted by molar-refractivity contribution is 7.13. The molecule has 0 saturated heterocycles. The molecule has 0 spiro atoms. The fraction of sp³-hybridized carbons (Fsp3) is 0.522. The molecule has 9 fully saturated rings. The third-order valence-electron chi connectivity index (χ3n) is 20.8.